The lowest BCUT2D eigenvalue weighted by Gasteiger charge is -2.27. The van der Waals surface area contributed by atoms with Crippen molar-refractivity contribution in [1.82, 2.24) is 19.6 Å². The number of carbonyl (C=O) groups excluding carboxylic acids is 1. The number of fused-ring (bicyclic) bond motifs is 1. The summed E-state index contributed by atoms with van der Waals surface area (Å²) in [6.45, 7) is 10.6. The van der Waals surface area contributed by atoms with Crippen LogP contribution in [0.3, 0.4) is 0 Å². The van der Waals surface area contributed by atoms with E-state index in [4.69, 9.17) is 0 Å². The molecule has 6 heteroatoms. The topological polar surface area (TPSA) is 49.6 Å². The van der Waals surface area contributed by atoms with Gasteiger partial charge in [-0.15, -0.1) is 0 Å². The van der Waals surface area contributed by atoms with E-state index in [2.05, 4.69) is 20.8 Å². The molecule has 30 heavy (non-hydrogen) atoms. The predicted octanol–water partition coefficient (Wildman–Crippen LogP) is 4.08. The smallest absolute Gasteiger partial charge is 0.254 e. The maximum atomic E-state index is 14.2. The van der Waals surface area contributed by atoms with Gasteiger partial charge in [-0.05, 0) is 76.9 Å². The van der Waals surface area contributed by atoms with E-state index in [1.165, 1.54) is 17.8 Å². The Balaban J connectivity index is 1.89. The van der Waals surface area contributed by atoms with Gasteiger partial charge in [-0.3, -0.25) is 9.78 Å². The largest absolute Gasteiger partial charge is 0.336 e. The fourth-order valence-electron chi connectivity index (χ4n) is 4.38. The number of nitrogens with zero attached hydrogens (tertiary/aromatic N) is 3. The van der Waals surface area contributed by atoms with Gasteiger partial charge in [0.25, 0.3) is 5.91 Å². The molecule has 0 aliphatic carbocycles. The molecule has 2 aromatic heterocycles. The van der Waals surface area contributed by atoms with Crippen LogP contribution in [0, 0.1) is 18.7 Å². The molecule has 5 nitrogen and oxygen atoms in total. The zero-order valence-corrected chi connectivity index (χ0v) is 18.1. The van der Waals surface area contributed by atoms with Crippen molar-refractivity contribution in [3.8, 4) is 11.1 Å². The lowest BCUT2D eigenvalue weighted by atomic mass is 9.96. The molecule has 0 bridgehead atoms. The van der Waals surface area contributed by atoms with E-state index in [1.807, 2.05) is 40.1 Å². The van der Waals surface area contributed by atoms with Gasteiger partial charge >= 0.3 is 0 Å². The maximum absolute atomic E-state index is 14.2. The van der Waals surface area contributed by atoms with Crippen LogP contribution in [-0.2, 0) is 6.42 Å². The van der Waals surface area contributed by atoms with E-state index in [-0.39, 0.29) is 11.9 Å². The highest BCUT2D eigenvalue weighted by Crippen LogP contribution is 2.33. The van der Waals surface area contributed by atoms with Crippen LogP contribution in [0.2, 0.25) is 0 Å². The first-order valence-corrected chi connectivity index (χ1v) is 10.7. The average molecular weight is 409 g/mol. The zero-order chi connectivity index (χ0) is 21.4. The third-order valence-electron chi connectivity index (χ3n) is 6.02. The molecule has 1 fully saturated rings. The van der Waals surface area contributed by atoms with Crippen LogP contribution in [0.1, 0.15) is 42.5 Å². The number of nitrogens with one attached hydrogen (secondary N) is 1. The standard InChI is InChI=1S/C24H29FN4O/c1-5-28(15(2)3)24(30)22-9-18(25)6-7-20(22)21-10-19(8-17-12-27-13-17)29-16(4)11-26-14-23(21)29/h6-7,9-11,14-15,17,27H,5,8,12-13H2,1-4H3. The van der Waals surface area contributed by atoms with Crippen molar-refractivity contribution in [1.29, 1.82) is 0 Å². The van der Waals surface area contributed by atoms with Crippen LogP contribution < -0.4 is 5.32 Å². The highest BCUT2D eigenvalue weighted by molar-refractivity contribution is 6.03. The minimum atomic E-state index is -0.402. The highest BCUT2D eigenvalue weighted by atomic mass is 19.1. The van der Waals surface area contributed by atoms with Gasteiger partial charge in [-0.1, -0.05) is 6.07 Å². The molecule has 4 rings (SSSR count). The number of hydrogen-bond acceptors (Lipinski definition) is 3. The maximum Gasteiger partial charge on any atom is 0.254 e. The number of halogens is 1. The lowest BCUT2D eigenvalue weighted by molar-refractivity contribution is 0.0717. The summed E-state index contributed by atoms with van der Waals surface area (Å²) < 4.78 is 16.4. The molecule has 0 saturated carbocycles. The number of aryl methyl sites for hydroxylation is 1. The Morgan fingerprint density at radius 3 is 2.67 bits per heavy atom. The average Bonchev–Trinajstić information content (AvgIpc) is 3.04. The summed E-state index contributed by atoms with van der Waals surface area (Å²) in [6, 6.07) is 6.71. The van der Waals surface area contributed by atoms with Crippen LogP contribution in [0.5, 0.6) is 0 Å². The molecule has 1 N–H and O–H groups in total. The summed E-state index contributed by atoms with van der Waals surface area (Å²) in [5, 5.41) is 3.33. The molecule has 0 spiro atoms. The second kappa shape index (κ2) is 8.19. The van der Waals surface area contributed by atoms with E-state index in [1.54, 1.807) is 11.0 Å². The van der Waals surface area contributed by atoms with Crippen molar-refractivity contribution in [3.63, 3.8) is 0 Å². The second-order valence-electron chi connectivity index (χ2n) is 8.42. The molecule has 1 aliphatic heterocycles. The van der Waals surface area contributed by atoms with E-state index in [0.717, 1.165) is 41.8 Å². The SMILES string of the molecule is CCN(C(=O)c1cc(F)ccc1-c1cc(CC2CNC2)n2c(C)cncc12)C(C)C. The van der Waals surface area contributed by atoms with Crippen LogP contribution in [0.15, 0.2) is 36.7 Å². The number of benzene rings is 1. The molecule has 3 aromatic rings. The first kappa shape index (κ1) is 20.5. The van der Waals surface area contributed by atoms with E-state index in [9.17, 15) is 9.18 Å². The van der Waals surface area contributed by atoms with E-state index < -0.39 is 5.82 Å². The molecule has 0 atom stereocenters. The predicted molar refractivity (Wildman–Crippen MR) is 117 cm³/mol. The van der Waals surface area contributed by atoms with E-state index in [0.29, 0.717) is 18.0 Å². The number of hydrogen-bond donors (Lipinski definition) is 1. The summed E-state index contributed by atoms with van der Waals surface area (Å²) in [4.78, 5) is 19.5. The summed E-state index contributed by atoms with van der Waals surface area (Å²) in [6.07, 6.45) is 4.65. The van der Waals surface area contributed by atoms with Gasteiger partial charge in [0, 0.05) is 35.7 Å². The number of amides is 1. The Hall–Kier alpha value is -2.73. The molecule has 0 unspecified atom stereocenters. The van der Waals surface area contributed by atoms with Gasteiger partial charge in [0.2, 0.25) is 0 Å². The quantitative estimate of drug-likeness (QED) is 0.669. The highest BCUT2D eigenvalue weighted by Gasteiger charge is 2.25. The van der Waals surface area contributed by atoms with Crippen molar-refractivity contribution < 1.29 is 9.18 Å². The number of aromatic nitrogens is 2. The Labute approximate surface area is 176 Å². The van der Waals surface area contributed by atoms with E-state index >= 15 is 0 Å². The van der Waals surface area contributed by atoms with Gasteiger partial charge in [0.1, 0.15) is 5.82 Å². The van der Waals surface area contributed by atoms with Gasteiger partial charge in [0.15, 0.2) is 0 Å². The minimum Gasteiger partial charge on any atom is -0.336 e. The summed E-state index contributed by atoms with van der Waals surface area (Å²) in [7, 11) is 0. The van der Waals surface area contributed by atoms with Gasteiger partial charge < -0.3 is 14.6 Å². The minimum absolute atomic E-state index is 0.0370. The van der Waals surface area contributed by atoms with Crippen LogP contribution in [-0.4, -0.2) is 45.9 Å². The first-order valence-electron chi connectivity index (χ1n) is 10.7. The summed E-state index contributed by atoms with van der Waals surface area (Å²) in [5.74, 6) is 0.0570. The molecule has 1 saturated heterocycles. The van der Waals surface area contributed by atoms with Crippen molar-refractivity contribution >= 4 is 11.4 Å². The van der Waals surface area contributed by atoms with Crippen LogP contribution in [0.4, 0.5) is 4.39 Å². The van der Waals surface area contributed by atoms with Gasteiger partial charge in [0.05, 0.1) is 17.3 Å². The monoisotopic (exact) mass is 408 g/mol. The molecular formula is C24H29FN4O. The number of rotatable bonds is 6. The van der Waals surface area contributed by atoms with Crippen molar-refractivity contribution in [2.24, 2.45) is 5.92 Å². The second-order valence-corrected chi connectivity index (χ2v) is 8.42. The molecule has 1 aromatic carbocycles. The van der Waals surface area contributed by atoms with Crippen LogP contribution >= 0.6 is 0 Å². The summed E-state index contributed by atoms with van der Waals surface area (Å²) in [5.41, 5.74) is 5.28. The Bertz CT molecular complexity index is 1080. The number of carbonyl (C=O) groups is 1. The molecule has 1 amide bonds. The Kier molecular flexibility index (Phi) is 5.60. The third-order valence-corrected chi connectivity index (χ3v) is 6.02. The molecule has 0 radical (unpaired) electrons. The fraction of sp³-hybridized carbons (Fsp3) is 0.417. The molecule has 3 heterocycles. The Morgan fingerprint density at radius 1 is 1.27 bits per heavy atom. The fourth-order valence-corrected chi connectivity index (χ4v) is 4.38. The van der Waals surface area contributed by atoms with Crippen LogP contribution in [0.25, 0.3) is 16.6 Å². The van der Waals surface area contributed by atoms with Crippen molar-refractivity contribution in [2.75, 3.05) is 19.6 Å². The molecular weight excluding hydrogens is 379 g/mol. The molecule has 158 valence electrons. The van der Waals surface area contributed by atoms with Crippen molar-refractivity contribution in [3.05, 3.63) is 59.4 Å². The zero-order valence-electron chi connectivity index (χ0n) is 18.1. The normalized spacial score (nSPS) is 14.3. The van der Waals surface area contributed by atoms with Gasteiger partial charge in [-0.25, -0.2) is 4.39 Å². The van der Waals surface area contributed by atoms with Gasteiger partial charge in [-0.2, -0.15) is 0 Å². The Morgan fingerprint density at radius 2 is 2.03 bits per heavy atom. The third kappa shape index (κ3) is 3.60. The first-order chi connectivity index (χ1) is 14.4. The summed E-state index contributed by atoms with van der Waals surface area (Å²) >= 11 is 0. The van der Waals surface area contributed by atoms with Crippen molar-refractivity contribution in [2.45, 2.75) is 40.2 Å². The lowest BCUT2D eigenvalue weighted by Crippen LogP contribution is -2.43. The molecule has 1 aliphatic rings.